The Kier molecular flexibility index (Phi) is 2.95. The Morgan fingerprint density at radius 1 is 1.17 bits per heavy atom. The zero-order valence-electron chi connectivity index (χ0n) is 9.15. The van der Waals surface area contributed by atoms with E-state index in [1.165, 1.54) is 6.07 Å². The maximum Gasteiger partial charge on any atom is 0.182 e. The topological polar surface area (TPSA) is 20.7 Å². The van der Waals surface area contributed by atoms with Crippen LogP contribution in [0.4, 0.5) is 4.39 Å². The smallest absolute Gasteiger partial charge is 0.182 e. The van der Waals surface area contributed by atoms with Crippen LogP contribution >= 0.6 is 34.8 Å². The molecule has 2 nitrogen and oxygen atoms in total. The largest absolute Gasteiger partial charge is 0.330 e. The van der Waals surface area contributed by atoms with Gasteiger partial charge in [-0.15, -0.1) is 0 Å². The predicted molar refractivity (Wildman–Crippen MR) is 81.1 cm³/mol. The second-order valence-electron chi connectivity index (χ2n) is 3.88. The quantitative estimate of drug-likeness (QED) is 0.497. The van der Waals surface area contributed by atoms with Gasteiger partial charge in [-0.3, -0.25) is 4.57 Å². The van der Waals surface area contributed by atoms with E-state index >= 15 is 0 Å². The molecule has 0 fully saturated rings. The first-order valence-electron chi connectivity index (χ1n) is 5.32. The van der Waals surface area contributed by atoms with Gasteiger partial charge in [0.05, 0.1) is 14.6 Å². The number of H-pyrrole nitrogens is 1. The normalized spacial score (nSPS) is 11.0. The van der Waals surface area contributed by atoms with Crippen LogP contribution in [0.1, 0.15) is 0 Å². The third kappa shape index (κ3) is 1.87. The number of aromatic nitrogens is 2. The lowest BCUT2D eigenvalue weighted by Crippen LogP contribution is -1.94. The van der Waals surface area contributed by atoms with Crippen molar-refractivity contribution in [2.24, 2.45) is 0 Å². The summed E-state index contributed by atoms with van der Waals surface area (Å²) in [4.78, 5) is 3.10. The maximum absolute atomic E-state index is 13.7. The minimum Gasteiger partial charge on any atom is -0.330 e. The fourth-order valence-electron chi connectivity index (χ4n) is 1.94. The number of rotatable bonds is 1. The van der Waals surface area contributed by atoms with Gasteiger partial charge in [0.2, 0.25) is 0 Å². The third-order valence-corrected chi connectivity index (χ3v) is 3.85. The number of benzene rings is 2. The number of imidazole rings is 1. The lowest BCUT2D eigenvalue weighted by molar-refractivity contribution is 0.622. The van der Waals surface area contributed by atoms with E-state index in [4.69, 9.17) is 12.2 Å². The monoisotopic (exact) mass is 370 g/mol. The van der Waals surface area contributed by atoms with Crippen LogP contribution in [0.15, 0.2) is 42.5 Å². The van der Waals surface area contributed by atoms with Gasteiger partial charge in [-0.1, -0.05) is 18.2 Å². The first-order valence-corrected chi connectivity index (χ1v) is 6.81. The van der Waals surface area contributed by atoms with Gasteiger partial charge in [-0.25, -0.2) is 4.39 Å². The molecule has 0 amide bonds. The van der Waals surface area contributed by atoms with E-state index in [9.17, 15) is 4.39 Å². The fourth-order valence-corrected chi connectivity index (χ4v) is 2.72. The molecule has 0 aliphatic rings. The number of aromatic amines is 1. The van der Waals surface area contributed by atoms with Crippen LogP contribution in [0.5, 0.6) is 0 Å². The highest BCUT2D eigenvalue weighted by Gasteiger charge is 2.09. The molecular weight excluding hydrogens is 362 g/mol. The van der Waals surface area contributed by atoms with Crippen molar-refractivity contribution < 1.29 is 4.39 Å². The highest BCUT2D eigenvalue weighted by molar-refractivity contribution is 14.1. The summed E-state index contributed by atoms with van der Waals surface area (Å²) >= 11 is 7.27. The van der Waals surface area contributed by atoms with Crippen molar-refractivity contribution in [3.8, 4) is 5.69 Å². The molecular formula is C13H8FIN2S. The molecule has 0 aliphatic heterocycles. The second kappa shape index (κ2) is 4.47. The van der Waals surface area contributed by atoms with Crippen LogP contribution in [0.3, 0.4) is 0 Å². The SMILES string of the molecule is Fc1cc2c(cc1I)[nH]c(=S)n2-c1ccccc1. The van der Waals surface area contributed by atoms with Crippen molar-refractivity contribution in [1.82, 2.24) is 9.55 Å². The van der Waals surface area contributed by atoms with E-state index in [1.807, 2.05) is 57.5 Å². The lowest BCUT2D eigenvalue weighted by atomic mass is 10.3. The van der Waals surface area contributed by atoms with Gasteiger partial charge in [-0.2, -0.15) is 0 Å². The van der Waals surface area contributed by atoms with Gasteiger partial charge in [0.15, 0.2) is 4.77 Å². The van der Waals surface area contributed by atoms with Gasteiger partial charge in [-0.05, 0) is 53.0 Å². The number of nitrogens with one attached hydrogen (secondary N) is 1. The van der Waals surface area contributed by atoms with Crippen molar-refractivity contribution in [3.63, 3.8) is 0 Å². The van der Waals surface area contributed by atoms with Crippen molar-refractivity contribution in [2.45, 2.75) is 0 Å². The Morgan fingerprint density at radius 2 is 1.89 bits per heavy atom. The zero-order chi connectivity index (χ0) is 12.7. The summed E-state index contributed by atoms with van der Waals surface area (Å²) < 4.78 is 16.7. The van der Waals surface area contributed by atoms with Crippen molar-refractivity contribution in [3.05, 3.63) is 56.6 Å². The van der Waals surface area contributed by atoms with Gasteiger partial charge in [0.25, 0.3) is 0 Å². The van der Waals surface area contributed by atoms with Gasteiger partial charge in [0.1, 0.15) is 5.82 Å². The molecule has 5 heteroatoms. The lowest BCUT2D eigenvalue weighted by Gasteiger charge is -2.04. The summed E-state index contributed by atoms with van der Waals surface area (Å²) in [5.74, 6) is -0.234. The number of nitrogens with zero attached hydrogens (tertiary/aromatic N) is 1. The summed E-state index contributed by atoms with van der Waals surface area (Å²) in [5.41, 5.74) is 2.52. The highest BCUT2D eigenvalue weighted by Crippen LogP contribution is 2.23. The molecule has 0 aliphatic carbocycles. The van der Waals surface area contributed by atoms with Gasteiger partial charge < -0.3 is 4.98 Å². The third-order valence-electron chi connectivity index (χ3n) is 2.74. The molecule has 90 valence electrons. The van der Waals surface area contributed by atoms with E-state index in [-0.39, 0.29) is 5.82 Å². The van der Waals surface area contributed by atoms with Crippen LogP contribution in [0.2, 0.25) is 0 Å². The molecule has 3 rings (SSSR count). The molecule has 18 heavy (non-hydrogen) atoms. The zero-order valence-corrected chi connectivity index (χ0v) is 12.1. The van der Waals surface area contributed by atoms with Crippen molar-refractivity contribution in [2.75, 3.05) is 0 Å². The number of hydrogen-bond donors (Lipinski definition) is 1. The number of fused-ring (bicyclic) bond motifs is 1. The van der Waals surface area contributed by atoms with Crippen molar-refractivity contribution >= 4 is 45.8 Å². The van der Waals surface area contributed by atoms with E-state index in [2.05, 4.69) is 4.98 Å². The molecule has 0 saturated heterocycles. The van der Waals surface area contributed by atoms with Gasteiger partial charge >= 0.3 is 0 Å². The van der Waals surface area contributed by atoms with Crippen LogP contribution in [0.25, 0.3) is 16.7 Å². The minimum atomic E-state index is -0.234. The first kappa shape index (κ1) is 11.9. The average molecular weight is 370 g/mol. The summed E-state index contributed by atoms with van der Waals surface area (Å²) in [6, 6.07) is 13.0. The molecule has 0 radical (unpaired) electrons. The van der Waals surface area contributed by atoms with Gasteiger partial charge in [0, 0.05) is 11.8 Å². The van der Waals surface area contributed by atoms with Crippen LogP contribution in [-0.4, -0.2) is 9.55 Å². The molecule has 1 aromatic heterocycles. The molecule has 1 N–H and O–H groups in total. The average Bonchev–Trinajstić information content (AvgIpc) is 2.66. The van der Waals surface area contributed by atoms with Crippen molar-refractivity contribution in [1.29, 1.82) is 0 Å². The molecule has 0 atom stereocenters. The Labute approximate surface area is 122 Å². The molecule has 3 aromatic rings. The Balaban J connectivity index is 2.40. The highest BCUT2D eigenvalue weighted by atomic mass is 127. The van der Waals surface area contributed by atoms with E-state index < -0.39 is 0 Å². The van der Waals surface area contributed by atoms with Crippen LogP contribution < -0.4 is 0 Å². The number of para-hydroxylation sites is 1. The number of halogens is 2. The molecule has 0 bridgehead atoms. The van der Waals surface area contributed by atoms with Crippen LogP contribution in [-0.2, 0) is 0 Å². The standard InChI is InChI=1S/C13H8FIN2S/c14-9-6-12-11(7-10(9)15)16-13(18)17(12)8-4-2-1-3-5-8/h1-7H,(H,16,18). The molecule has 2 aromatic carbocycles. The first-order chi connectivity index (χ1) is 8.66. The summed E-state index contributed by atoms with van der Waals surface area (Å²) in [6.07, 6.45) is 0. The predicted octanol–water partition coefficient (Wildman–Crippen LogP) is 4.43. The summed E-state index contributed by atoms with van der Waals surface area (Å²) in [7, 11) is 0. The van der Waals surface area contributed by atoms with E-state index in [0.717, 1.165) is 16.7 Å². The molecule has 0 unspecified atom stereocenters. The summed E-state index contributed by atoms with van der Waals surface area (Å²) in [5, 5.41) is 0. The second-order valence-corrected chi connectivity index (χ2v) is 5.43. The maximum atomic E-state index is 13.7. The van der Waals surface area contributed by atoms with E-state index in [1.54, 1.807) is 6.07 Å². The molecule has 0 saturated carbocycles. The minimum absolute atomic E-state index is 0.234. The fraction of sp³-hybridized carbons (Fsp3) is 0. The number of hydrogen-bond acceptors (Lipinski definition) is 1. The van der Waals surface area contributed by atoms with E-state index in [0.29, 0.717) is 8.34 Å². The van der Waals surface area contributed by atoms with Crippen LogP contribution in [0, 0.1) is 14.2 Å². The molecule has 1 heterocycles. The Morgan fingerprint density at radius 3 is 2.61 bits per heavy atom. The molecule has 0 spiro atoms. The Hall–Kier alpha value is -1.21. The Bertz CT molecular complexity index is 777. The summed E-state index contributed by atoms with van der Waals surface area (Å²) in [6.45, 7) is 0.